The lowest BCUT2D eigenvalue weighted by atomic mass is 10.0. The second-order valence-electron chi connectivity index (χ2n) is 7.22. The van der Waals surface area contributed by atoms with Crippen molar-refractivity contribution in [2.45, 2.75) is 13.3 Å². The minimum absolute atomic E-state index is 0.413. The maximum atomic E-state index is 12.2. The van der Waals surface area contributed by atoms with E-state index in [4.69, 9.17) is 9.15 Å². The van der Waals surface area contributed by atoms with Crippen molar-refractivity contribution >= 4 is 11.0 Å². The first-order valence-corrected chi connectivity index (χ1v) is 10.3. The number of aryl methyl sites for hydroxylation is 1. The zero-order valence-corrected chi connectivity index (χ0v) is 17.4. The highest BCUT2D eigenvalue weighted by molar-refractivity contribution is 5.93. The topological polar surface area (TPSA) is 78.1 Å². The first-order chi connectivity index (χ1) is 15.7. The Morgan fingerprint density at radius 3 is 2.47 bits per heavy atom. The van der Waals surface area contributed by atoms with E-state index in [0.29, 0.717) is 23.0 Å². The van der Waals surface area contributed by atoms with Gasteiger partial charge in [-0.15, -0.1) is 0 Å². The van der Waals surface area contributed by atoms with Crippen molar-refractivity contribution in [2.75, 3.05) is 0 Å². The van der Waals surface area contributed by atoms with Crippen LogP contribution in [-0.2, 0) is 6.42 Å². The summed E-state index contributed by atoms with van der Waals surface area (Å²) in [4.78, 5) is 25.4. The molecular formula is C26H19N3O3. The number of rotatable bonds is 5. The molecule has 0 aliphatic heterocycles. The Morgan fingerprint density at radius 2 is 1.69 bits per heavy atom. The van der Waals surface area contributed by atoms with Gasteiger partial charge in [-0.2, -0.15) is 4.98 Å². The SMILES string of the molecule is CCc1cc(Oc2ccc3c(-c4ccccc4)cc(=O)oc3c2)nc(-c2ccncc2)n1. The summed E-state index contributed by atoms with van der Waals surface area (Å²) < 4.78 is 11.5. The van der Waals surface area contributed by atoms with Crippen molar-refractivity contribution in [1.82, 2.24) is 15.0 Å². The highest BCUT2D eigenvalue weighted by Gasteiger charge is 2.12. The van der Waals surface area contributed by atoms with Crippen molar-refractivity contribution < 1.29 is 9.15 Å². The molecule has 0 atom stereocenters. The van der Waals surface area contributed by atoms with E-state index in [1.807, 2.05) is 67.6 Å². The summed E-state index contributed by atoms with van der Waals surface area (Å²) in [6, 6.07) is 22.2. The van der Waals surface area contributed by atoms with Crippen LogP contribution >= 0.6 is 0 Å². The van der Waals surface area contributed by atoms with Gasteiger partial charge in [0, 0.05) is 47.2 Å². The first-order valence-electron chi connectivity index (χ1n) is 10.3. The molecule has 0 aliphatic rings. The number of aromatic nitrogens is 3. The normalized spacial score (nSPS) is 10.9. The van der Waals surface area contributed by atoms with Crippen molar-refractivity contribution in [3.8, 4) is 34.1 Å². The molecule has 0 saturated carbocycles. The van der Waals surface area contributed by atoms with E-state index in [9.17, 15) is 4.79 Å². The molecule has 156 valence electrons. The van der Waals surface area contributed by atoms with Crippen LogP contribution in [-0.4, -0.2) is 15.0 Å². The number of fused-ring (bicyclic) bond motifs is 1. The van der Waals surface area contributed by atoms with Crippen LogP contribution in [0.2, 0.25) is 0 Å². The van der Waals surface area contributed by atoms with Crippen LogP contribution in [0.15, 0.2) is 94.4 Å². The van der Waals surface area contributed by atoms with Gasteiger partial charge in [-0.3, -0.25) is 4.98 Å². The lowest BCUT2D eigenvalue weighted by molar-refractivity contribution is 0.459. The summed E-state index contributed by atoms with van der Waals surface area (Å²) in [7, 11) is 0. The summed E-state index contributed by atoms with van der Waals surface area (Å²) in [6.07, 6.45) is 4.14. The van der Waals surface area contributed by atoms with Crippen LogP contribution in [0, 0.1) is 0 Å². The molecule has 6 heteroatoms. The number of nitrogens with zero attached hydrogens (tertiary/aromatic N) is 3. The molecule has 0 spiro atoms. The zero-order valence-electron chi connectivity index (χ0n) is 17.4. The molecule has 0 amide bonds. The Balaban J connectivity index is 1.55. The Labute approximate surface area is 184 Å². The van der Waals surface area contributed by atoms with Gasteiger partial charge in [-0.05, 0) is 41.8 Å². The highest BCUT2D eigenvalue weighted by Crippen LogP contribution is 2.31. The number of hydrogen-bond donors (Lipinski definition) is 0. The molecule has 0 bridgehead atoms. The lowest BCUT2D eigenvalue weighted by Gasteiger charge is -2.10. The molecule has 0 N–H and O–H groups in total. The van der Waals surface area contributed by atoms with Crippen molar-refractivity contribution in [1.29, 1.82) is 0 Å². The number of hydrogen-bond acceptors (Lipinski definition) is 6. The quantitative estimate of drug-likeness (QED) is 0.340. The summed E-state index contributed by atoms with van der Waals surface area (Å²) in [5.74, 6) is 1.51. The fourth-order valence-electron chi connectivity index (χ4n) is 3.52. The monoisotopic (exact) mass is 421 g/mol. The fourth-order valence-corrected chi connectivity index (χ4v) is 3.52. The summed E-state index contributed by atoms with van der Waals surface area (Å²) in [6.45, 7) is 2.03. The Morgan fingerprint density at radius 1 is 0.875 bits per heavy atom. The molecule has 5 aromatic rings. The Bertz CT molecular complexity index is 1450. The van der Waals surface area contributed by atoms with Gasteiger partial charge in [0.1, 0.15) is 11.3 Å². The minimum Gasteiger partial charge on any atom is -0.439 e. The van der Waals surface area contributed by atoms with Gasteiger partial charge in [0.05, 0.1) is 0 Å². The Kier molecular flexibility index (Phi) is 5.17. The summed E-state index contributed by atoms with van der Waals surface area (Å²) >= 11 is 0. The van der Waals surface area contributed by atoms with Gasteiger partial charge in [0.15, 0.2) is 5.82 Å². The molecule has 0 aliphatic carbocycles. The van der Waals surface area contributed by atoms with Crippen LogP contribution < -0.4 is 10.4 Å². The first kappa shape index (κ1) is 19.6. The smallest absolute Gasteiger partial charge is 0.336 e. The molecule has 3 aromatic heterocycles. The van der Waals surface area contributed by atoms with E-state index in [2.05, 4.69) is 15.0 Å². The standard InChI is InChI=1S/C26H19N3O3/c1-2-19-14-24(29-26(28-19)18-10-12-27-13-11-18)31-20-8-9-21-22(17-6-4-3-5-7-17)16-25(30)32-23(21)15-20/h3-16H,2H2,1H3. The Hall–Kier alpha value is -4.32. The third-order valence-electron chi connectivity index (χ3n) is 5.08. The van der Waals surface area contributed by atoms with Gasteiger partial charge in [-0.1, -0.05) is 37.3 Å². The van der Waals surface area contributed by atoms with Gasteiger partial charge in [0.25, 0.3) is 0 Å². The summed E-state index contributed by atoms with van der Waals surface area (Å²) in [5, 5.41) is 0.831. The van der Waals surface area contributed by atoms with E-state index in [1.165, 1.54) is 6.07 Å². The third-order valence-corrected chi connectivity index (χ3v) is 5.08. The molecule has 5 rings (SSSR count). The van der Waals surface area contributed by atoms with Gasteiger partial charge < -0.3 is 9.15 Å². The van der Waals surface area contributed by atoms with Crippen LogP contribution in [0.3, 0.4) is 0 Å². The molecular weight excluding hydrogens is 402 g/mol. The van der Waals surface area contributed by atoms with Gasteiger partial charge in [-0.25, -0.2) is 9.78 Å². The van der Waals surface area contributed by atoms with Crippen molar-refractivity contribution in [2.24, 2.45) is 0 Å². The number of pyridine rings is 1. The lowest BCUT2D eigenvalue weighted by Crippen LogP contribution is -1.99. The maximum absolute atomic E-state index is 12.2. The van der Waals surface area contributed by atoms with E-state index >= 15 is 0 Å². The second-order valence-corrected chi connectivity index (χ2v) is 7.22. The van der Waals surface area contributed by atoms with Gasteiger partial charge in [0.2, 0.25) is 5.88 Å². The summed E-state index contributed by atoms with van der Waals surface area (Å²) in [5.41, 5.74) is 3.53. The highest BCUT2D eigenvalue weighted by atomic mass is 16.5. The van der Waals surface area contributed by atoms with Crippen molar-refractivity contribution in [3.05, 3.63) is 101 Å². The zero-order chi connectivity index (χ0) is 21.9. The molecule has 32 heavy (non-hydrogen) atoms. The second kappa shape index (κ2) is 8.43. The molecule has 6 nitrogen and oxygen atoms in total. The molecule has 0 saturated heterocycles. The number of ether oxygens (including phenoxy) is 1. The molecule has 0 unspecified atom stereocenters. The van der Waals surface area contributed by atoms with Crippen LogP contribution in [0.25, 0.3) is 33.5 Å². The average Bonchev–Trinajstić information content (AvgIpc) is 2.84. The van der Waals surface area contributed by atoms with Crippen LogP contribution in [0.1, 0.15) is 12.6 Å². The fraction of sp³-hybridized carbons (Fsp3) is 0.0769. The van der Waals surface area contributed by atoms with Crippen LogP contribution in [0.5, 0.6) is 11.6 Å². The van der Waals surface area contributed by atoms with Gasteiger partial charge >= 0.3 is 5.63 Å². The van der Waals surface area contributed by atoms with E-state index in [-0.39, 0.29) is 0 Å². The molecule has 2 aromatic carbocycles. The van der Waals surface area contributed by atoms with E-state index in [0.717, 1.165) is 34.2 Å². The molecule has 0 fully saturated rings. The maximum Gasteiger partial charge on any atom is 0.336 e. The molecule has 3 heterocycles. The van der Waals surface area contributed by atoms with Crippen LogP contribution in [0.4, 0.5) is 0 Å². The predicted octanol–water partition coefficient (Wildman–Crippen LogP) is 5.67. The van der Waals surface area contributed by atoms with E-state index in [1.54, 1.807) is 18.5 Å². The predicted molar refractivity (Wildman–Crippen MR) is 123 cm³/mol. The van der Waals surface area contributed by atoms with E-state index < -0.39 is 5.63 Å². The number of benzene rings is 2. The van der Waals surface area contributed by atoms with Crippen molar-refractivity contribution in [3.63, 3.8) is 0 Å². The minimum atomic E-state index is -0.413. The molecule has 0 radical (unpaired) electrons. The largest absolute Gasteiger partial charge is 0.439 e. The third kappa shape index (κ3) is 3.98. The average molecular weight is 421 g/mol.